The normalized spacial score (nSPS) is 17.5. The standard InChI is InChI=1S/C13H20N2O2S2/c1-15-19(16,17)11-7-8-13(12(14)9-11)18-10-5-3-2-4-6-10/h7-10,15H,2-6,14H2,1H3. The molecule has 0 unspecified atom stereocenters. The van der Waals surface area contributed by atoms with E-state index in [0.29, 0.717) is 10.9 Å². The lowest BCUT2D eigenvalue weighted by Gasteiger charge is -2.21. The Kier molecular flexibility index (Phi) is 4.76. The number of benzene rings is 1. The van der Waals surface area contributed by atoms with Crippen LogP contribution < -0.4 is 10.5 Å². The number of nitrogens with one attached hydrogen (secondary N) is 1. The number of sulfonamides is 1. The van der Waals surface area contributed by atoms with E-state index in [1.165, 1.54) is 45.2 Å². The molecule has 0 saturated heterocycles. The molecule has 6 heteroatoms. The Balaban J connectivity index is 2.15. The fraction of sp³-hybridized carbons (Fsp3) is 0.538. The molecule has 0 spiro atoms. The van der Waals surface area contributed by atoms with Crippen molar-refractivity contribution in [3.05, 3.63) is 18.2 Å². The third-order valence-electron chi connectivity index (χ3n) is 3.41. The first-order chi connectivity index (χ1) is 9.03. The van der Waals surface area contributed by atoms with E-state index >= 15 is 0 Å². The highest BCUT2D eigenvalue weighted by Gasteiger charge is 2.17. The van der Waals surface area contributed by atoms with E-state index in [1.807, 2.05) is 6.07 Å². The lowest BCUT2D eigenvalue weighted by atomic mass is 10.0. The average molecular weight is 300 g/mol. The molecular formula is C13H20N2O2S2. The van der Waals surface area contributed by atoms with Gasteiger partial charge in [-0.25, -0.2) is 13.1 Å². The Labute approximate surface area is 119 Å². The van der Waals surface area contributed by atoms with Crippen molar-refractivity contribution in [2.24, 2.45) is 0 Å². The van der Waals surface area contributed by atoms with Crippen LogP contribution in [0, 0.1) is 0 Å². The first-order valence-corrected chi connectivity index (χ1v) is 8.89. The van der Waals surface area contributed by atoms with E-state index in [4.69, 9.17) is 5.73 Å². The summed E-state index contributed by atoms with van der Waals surface area (Å²) in [6.07, 6.45) is 6.33. The molecule has 0 atom stereocenters. The zero-order chi connectivity index (χ0) is 13.9. The van der Waals surface area contributed by atoms with Crippen LogP contribution in [-0.4, -0.2) is 20.7 Å². The summed E-state index contributed by atoms with van der Waals surface area (Å²) in [7, 11) is -2.01. The highest BCUT2D eigenvalue weighted by molar-refractivity contribution is 8.00. The highest BCUT2D eigenvalue weighted by Crippen LogP contribution is 2.36. The summed E-state index contributed by atoms with van der Waals surface area (Å²) in [6.45, 7) is 0. The minimum absolute atomic E-state index is 0.223. The van der Waals surface area contributed by atoms with Gasteiger partial charge in [0.2, 0.25) is 10.0 Å². The number of anilines is 1. The van der Waals surface area contributed by atoms with Crippen LogP contribution in [0.15, 0.2) is 28.0 Å². The summed E-state index contributed by atoms with van der Waals surface area (Å²) < 4.78 is 25.7. The lowest BCUT2D eigenvalue weighted by molar-refractivity contribution is 0.516. The topological polar surface area (TPSA) is 72.2 Å². The zero-order valence-electron chi connectivity index (χ0n) is 11.1. The van der Waals surface area contributed by atoms with Gasteiger partial charge in [-0.2, -0.15) is 0 Å². The number of hydrogen-bond donors (Lipinski definition) is 2. The molecule has 0 heterocycles. The van der Waals surface area contributed by atoms with Gasteiger partial charge in [0.25, 0.3) is 0 Å². The van der Waals surface area contributed by atoms with E-state index in [-0.39, 0.29) is 4.90 Å². The van der Waals surface area contributed by atoms with Crippen molar-refractivity contribution in [1.29, 1.82) is 0 Å². The van der Waals surface area contributed by atoms with Crippen LogP contribution in [0.5, 0.6) is 0 Å². The highest BCUT2D eigenvalue weighted by atomic mass is 32.2. The number of nitrogens with two attached hydrogens (primary N) is 1. The molecule has 0 aromatic heterocycles. The van der Waals surface area contributed by atoms with Gasteiger partial charge in [0.05, 0.1) is 4.90 Å². The lowest BCUT2D eigenvalue weighted by Crippen LogP contribution is -2.18. The summed E-state index contributed by atoms with van der Waals surface area (Å²) in [4.78, 5) is 1.21. The van der Waals surface area contributed by atoms with E-state index < -0.39 is 10.0 Å². The fourth-order valence-electron chi connectivity index (χ4n) is 2.28. The third-order valence-corrected chi connectivity index (χ3v) is 6.25. The van der Waals surface area contributed by atoms with Crippen LogP contribution in [0.3, 0.4) is 0 Å². The van der Waals surface area contributed by atoms with E-state index in [1.54, 1.807) is 17.8 Å². The molecule has 1 fully saturated rings. The van der Waals surface area contributed by atoms with Gasteiger partial charge in [0, 0.05) is 15.8 Å². The Morgan fingerprint density at radius 3 is 2.53 bits per heavy atom. The monoisotopic (exact) mass is 300 g/mol. The average Bonchev–Trinajstić information content (AvgIpc) is 2.42. The molecule has 1 saturated carbocycles. The molecule has 4 nitrogen and oxygen atoms in total. The summed E-state index contributed by atoms with van der Waals surface area (Å²) in [5.74, 6) is 0. The largest absolute Gasteiger partial charge is 0.398 e. The molecule has 106 valence electrons. The molecule has 19 heavy (non-hydrogen) atoms. The molecule has 0 radical (unpaired) electrons. The molecule has 3 N–H and O–H groups in total. The van der Waals surface area contributed by atoms with Crippen molar-refractivity contribution in [3.8, 4) is 0 Å². The SMILES string of the molecule is CNS(=O)(=O)c1ccc(SC2CCCCC2)c(N)c1. The van der Waals surface area contributed by atoms with Gasteiger partial charge < -0.3 is 5.73 Å². The zero-order valence-corrected chi connectivity index (χ0v) is 12.7. The first kappa shape index (κ1) is 14.7. The summed E-state index contributed by atoms with van der Waals surface area (Å²) in [5, 5.41) is 0.614. The van der Waals surface area contributed by atoms with Crippen molar-refractivity contribution in [1.82, 2.24) is 4.72 Å². The second kappa shape index (κ2) is 6.15. The second-order valence-corrected chi connectivity index (χ2v) is 8.01. The maximum absolute atomic E-state index is 11.7. The molecule has 2 rings (SSSR count). The van der Waals surface area contributed by atoms with Gasteiger partial charge in [0.1, 0.15) is 0 Å². The van der Waals surface area contributed by atoms with Gasteiger partial charge in [0.15, 0.2) is 0 Å². The van der Waals surface area contributed by atoms with Crippen molar-refractivity contribution >= 4 is 27.5 Å². The Morgan fingerprint density at radius 2 is 1.95 bits per heavy atom. The molecule has 1 aromatic rings. The molecule has 0 bridgehead atoms. The molecule has 1 aliphatic carbocycles. The maximum Gasteiger partial charge on any atom is 0.240 e. The van der Waals surface area contributed by atoms with Crippen LogP contribution in [0.2, 0.25) is 0 Å². The number of rotatable bonds is 4. The van der Waals surface area contributed by atoms with Crippen molar-refractivity contribution in [2.75, 3.05) is 12.8 Å². The van der Waals surface area contributed by atoms with Crippen LogP contribution in [-0.2, 0) is 10.0 Å². The van der Waals surface area contributed by atoms with Crippen molar-refractivity contribution in [3.63, 3.8) is 0 Å². The Bertz CT molecular complexity index is 538. The van der Waals surface area contributed by atoms with Gasteiger partial charge >= 0.3 is 0 Å². The summed E-state index contributed by atoms with van der Waals surface area (Å²) >= 11 is 1.78. The smallest absolute Gasteiger partial charge is 0.240 e. The minimum Gasteiger partial charge on any atom is -0.398 e. The molecule has 1 aliphatic rings. The van der Waals surface area contributed by atoms with Crippen LogP contribution in [0.25, 0.3) is 0 Å². The van der Waals surface area contributed by atoms with Crippen LogP contribution in [0.1, 0.15) is 32.1 Å². The summed E-state index contributed by atoms with van der Waals surface area (Å²) in [6, 6.07) is 4.98. The van der Waals surface area contributed by atoms with Crippen molar-refractivity contribution in [2.45, 2.75) is 47.1 Å². The minimum atomic E-state index is -3.41. The van der Waals surface area contributed by atoms with Crippen molar-refractivity contribution < 1.29 is 8.42 Å². The van der Waals surface area contributed by atoms with E-state index in [2.05, 4.69) is 4.72 Å². The number of nitrogen functional groups attached to an aromatic ring is 1. The molecule has 0 amide bonds. The fourth-order valence-corrected chi connectivity index (χ4v) is 4.32. The van der Waals surface area contributed by atoms with Gasteiger partial charge in [-0.3, -0.25) is 0 Å². The Morgan fingerprint density at radius 1 is 1.26 bits per heavy atom. The van der Waals surface area contributed by atoms with Gasteiger partial charge in [-0.15, -0.1) is 11.8 Å². The summed E-state index contributed by atoms with van der Waals surface area (Å²) in [5.41, 5.74) is 6.52. The maximum atomic E-state index is 11.7. The molecule has 1 aromatic carbocycles. The number of thioether (sulfide) groups is 1. The molecular weight excluding hydrogens is 280 g/mol. The number of hydrogen-bond acceptors (Lipinski definition) is 4. The van der Waals surface area contributed by atoms with Gasteiger partial charge in [-0.05, 0) is 38.1 Å². The van der Waals surface area contributed by atoms with Crippen LogP contribution in [0.4, 0.5) is 5.69 Å². The quantitative estimate of drug-likeness (QED) is 0.838. The first-order valence-electron chi connectivity index (χ1n) is 6.52. The Hall–Kier alpha value is -0.720. The third kappa shape index (κ3) is 3.64. The second-order valence-electron chi connectivity index (χ2n) is 4.79. The predicted molar refractivity (Wildman–Crippen MR) is 79.8 cm³/mol. The van der Waals surface area contributed by atoms with Gasteiger partial charge in [-0.1, -0.05) is 19.3 Å². The van der Waals surface area contributed by atoms with Crippen LogP contribution >= 0.6 is 11.8 Å². The van der Waals surface area contributed by atoms with E-state index in [9.17, 15) is 8.42 Å². The molecule has 0 aliphatic heterocycles. The predicted octanol–water partition coefficient (Wildman–Crippen LogP) is 2.60. The van der Waals surface area contributed by atoms with E-state index in [0.717, 1.165) is 4.90 Å².